The molecule has 4 rings (SSSR count). The largest absolute Gasteiger partial charge is 0.480 e. The molecule has 170 valence electrons. The highest BCUT2D eigenvalue weighted by molar-refractivity contribution is 7.87. The summed E-state index contributed by atoms with van der Waals surface area (Å²) in [6.07, 6.45) is 4.13. The van der Waals surface area contributed by atoms with Crippen molar-refractivity contribution in [1.29, 1.82) is 0 Å². The quantitative estimate of drug-likeness (QED) is 0.638. The van der Waals surface area contributed by atoms with Crippen LogP contribution in [0, 0.1) is 5.92 Å². The highest BCUT2D eigenvalue weighted by Gasteiger charge is 2.70. The standard InChI is InChI=1S/C24H29N3O4S/c1-19-22(21-12-6-3-7-13-21)24(19,23(28)29)25-32(30,31)27-17-15-26(16-18-27)14-8-11-20-9-4-2-5-10-20/h2-13,19,22,25H,14-18H2,1H3,(H,28,29)/b11-8+/t19?,22-,24+/m1/s1. The van der Waals surface area contributed by atoms with Crippen LogP contribution in [0.2, 0.25) is 0 Å². The molecule has 8 heteroatoms. The van der Waals surface area contributed by atoms with Gasteiger partial charge in [-0.25, -0.2) is 0 Å². The Balaban J connectivity index is 1.37. The van der Waals surface area contributed by atoms with Gasteiger partial charge < -0.3 is 5.11 Å². The molecule has 1 heterocycles. The fraction of sp³-hybridized carbons (Fsp3) is 0.375. The summed E-state index contributed by atoms with van der Waals surface area (Å²) in [5.74, 6) is -1.85. The monoisotopic (exact) mass is 455 g/mol. The van der Waals surface area contributed by atoms with E-state index in [9.17, 15) is 18.3 Å². The van der Waals surface area contributed by atoms with Crippen molar-refractivity contribution in [3.63, 3.8) is 0 Å². The maximum Gasteiger partial charge on any atom is 0.325 e. The van der Waals surface area contributed by atoms with Crippen LogP contribution in [-0.2, 0) is 15.0 Å². The first-order valence-electron chi connectivity index (χ1n) is 10.9. The molecule has 2 N–H and O–H groups in total. The van der Waals surface area contributed by atoms with E-state index < -0.39 is 21.7 Å². The molecule has 1 aliphatic carbocycles. The fourth-order valence-corrected chi connectivity index (χ4v) is 6.23. The Hall–Kier alpha value is -2.52. The van der Waals surface area contributed by atoms with E-state index in [0.717, 1.165) is 17.7 Å². The minimum Gasteiger partial charge on any atom is -0.480 e. The zero-order valence-corrected chi connectivity index (χ0v) is 18.9. The van der Waals surface area contributed by atoms with Crippen molar-refractivity contribution >= 4 is 22.3 Å². The first kappa shape index (κ1) is 22.7. The van der Waals surface area contributed by atoms with Crippen LogP contribution in [-0.4, -0.2) is 67.0 Å². The Kier molecular flexibility index (Phi) is 6.48. The van der Waals surface area contributed by atoms with Gasteiger partial charge in [0.25, 0.3) is 10.2 Å². The summed E-state index contributed by atoms with van der Waals surface area (Å²) >= 11 is 0. The maximum absolute atomic E-state index is 13.1. The van der Waals surface area contributed by atoms with Crippen LogP contribution < -0.4 is 4.72 Å². The van der Waals surface area contributed by atoms with Crippen LogP contribution in [0.5, 0.6) is 0 Å². The molecule has 2 aromatic carbocycles. The third-order valence-electron chi connectivity index (χ3n) is 6.55. The molecule has 0 aromatic heterocycles. The van der Waals surface area contributed by atoms with E-state index in [1.807, 2.05) is 60.7 Å². The number of benzene rings is 2. The molecule has 0 spiro atoms. The van der Waals surface area contributed by atoms with Crippen LogP contribution >= 0.6 is 0 Å². The number of carboxylic acids is 1. The second kappa shape index (κ2) is 9.15. The second-order valence-corrected chi connectivity index (χ2v) is 10.1. The molecule has 2 aromatic rings. The molecular weight excluding hydrogens is 426 g/mol. The van der Waals surface area contributed by atoms with E-state index in [2.05, 4.69) is 21.8 Å². The van der Waals surface area contributed by atoms with Crippen molar-refractivity contribution in [1.82, 2.24) is 13.9 Å². The molecule has 0 amide bonds. The number of carbonyl (C=O) groups is 1. The molecule has 1 saturated carbocycles. The summed E-state index contributed by atoms with van der Waals surface area (Å²) in [4.78, 5) is 14.3. The summed E-state index contributed by atoms with van der Waals surface area (Å²) in [5.41, 5.74) is 0.457. The molecule has 1 saturated heterocycles. The van der Waals surface area contributed by atoms with E-state index in [0.29, 0.717) is 26.2 Å². The molecule has 0 radical (unpaired) electrons. The van der Waals surface area contributed by atoms with Gasteiger partial charge in [0.2, 0.25) is 0 Å². The molecule has 1 aliphatic heterocycles. The normalized spacial score (nSPS) is 26.9. The van der Waals surface area contributed by atoms with Gasteiger partial charge in [-0.3, -0.25) is 9.69 Å². The maximum atomic E-state index is 13.1. The smallest absolute Gasteiger partial charge is 0.325 e. The SMILES string of the molecule is CC1[C@H](c2ccccc2)[C@]1(NS(=O)(=O)N1CCN(C/C=C/c2ccccc2)CC1)C(=O)O. The van der Waals surface area contributed by atoms with Gasteiger partial charge >= 0.3 is 5.97 Å². The summed E-state index contributed by atoms with van der Waals surface area (Å²) in [7, 11) is -3.93. The summed E-state index contributed by atoms with van der Waals surface area (Å²) in [6, 6.07) is 19.3. The molecule has 1 unspecified atom stereocenters. The number of nitrogens with zero attached hydrogens (tertiary/aromatic N) is 2. The first-order valence-corrected chi connectivity index (χ1v) is 12.3. The number of hydrogen-bond acceptors (Lipinski definition) is 4. The van der Waals surface area contributed by atoms with Crippen molar-refractivity contribution in [3.8, 4) is 0 Å². The zero-order valence-electron chi connectivity index (χ0n) is 18.1. The van der Waals surface area contributed by atoms with Gasteiger partial charge in [0.05, 0.1) is 0 Å². The number of piperazine rings is 1. The topological polar surface area (TPSA) is 90.0 Å². The van der Waals surface area contributed by atoms with Gasteiger partial charge in [0.1, 0.15) is 5.54 Å². The van der Waals surface area contributed by atoms with E-state index in [-0.39, 0.29) is 11.8 Å². The third kappa shape index (κ3) is 4.49. The third-order valence-corrected chi connectivity index (χ3v) is 8.20. The Morgan fingerprint density at radius 1 is 1.06 bits per heavy atom. The summed E-state index contributed by atoms with van der Waals surface area (Å²) < 4.78 is 30.1. The number of rotatable bonds is 8. The van der Waals surface area contributed by atoms with E-state index in [1.54, 1.807) is 6.92 Å². The predicted octanol–water partition coefficient (Wildman–Crippen LogP) is 2.41. The number of hydrogen-bond donors (Lipinski definition) is 2. The molecule has 3 atom stereocenters. The minimum absolute atomic E-state index is 0.328. The summed E-state index contributed by atoms with van der Waals surface area (Å²) in [5, 5.41) is 9.94. The molecule has 0 bridgehead atoms. The molecule has 7 nitrogen and oxygen atoms in total. The van der Waals surface area contributed by atoms with Gasteiger partial charge in [0.15, 0.2) is 0 Å². The number of aliphatic carboxylic acids is 1. The Morgan fingerprint density at radius 2 is 1.66 bits per heavy atom. The van der Waals surface area contributed by atoms with Gasteiger partial charge in [-0.05, 0) is 17.0 Å². The fourth-order valence-electron chi connectivity index (χ4n) is 4.63. The van der Waals surface area contributed by atoms with Crippen molar-refractivity contribution in [3.05, 3.63) is 77.9 Å². The van der Waals surface area contributed by atoms with Gasteiger partial charge in [0, 0.05) is 38.6 Å². The highest BCUT2D eigenvalue weighted by atomic mass is 32.2. The molecule has 32 heavy (non-hydrogen) atoms. The summed E-state index contributed by atoms with van der Waals surface area (Å²) in [6.45, 7) is 4.37. The predicted molar refractivity (Wildman–Crippen MR) is 124 cm³/mol. The van der Waals surface area contributed by atoms with Crippen molar-refractivity contribution in [2.24, 2.45) is 5.92 Å². The Morgan fingerprint density at radius 3 is 2.25 bits per heavy atom. The molecule has 2 fully saturated rings. The van der Waals surface area contributed by atoms with Crippen LogP contribution in [0.4, 0.5) is 0 Å². The first-order chi connectivity index (χ1) is 15.3. The van der Waals surface area contributed by atoms with Crippen LogP contribution in [0.3, 0.4) is 0 Å². The number of nitrogens with one attached hydrogen (secondary N) is 1. The average molecular weight is 456 g/mol. The van der Waals surface area contributed by atoms with E-state index >= 15 is 0 Å². The highest BCUT2D eigenvalue weighted by Crippen LogP contribution is 2.57. The second-order valence-electron chi connectivity index (χ2n) is 8.47. The lowest BCUT2D eigenvalue weighted by Crippen LogP contribution is -2.56. The van der Waals surface area contributed by atoms with Crippen molar-refractivity contribution in [2.45, 2.75) is 18.4 Å². The van der Waals surface area contributed by atoms with Crippen LogP contribution in [0.15, 0.2) is 66.7 Å². The zero-order chi connectivity index (χ0) is 22.8. The average Bonchev–Trinajstić information content (AvgIpc) is 3.39. The van der Waals surface area contributed by atoms with E-state index in [1.165, 1.54) is 4.31 Å². The lowest BCUT2D eigenvalue weighted by Gasteiger charge is -2.34. The lowest BCUT2D eigenvalue weighted by molar-refractivity contribution is -0.140. The Labute approximate surface area is 189 Å². The van der Waals surface area contributed by atoms with Gasteiger partial charge in [-0.1, -0.05) is 79.7 Å². The van der Waals surface area contributed by atoms with Crippen LogP contribution in [0.25, 0.3) is 6.08 Å². The van der Waals surface area contributed by atoms with Gasteiger partial charge in [-0.2, -0.15) is 17.4 Å². The van der Waals surface area contributed by atoms with E-state index in [4.69, 9.17) is 0 Å². The van der Waals surface area contributed by atoms with Crippen molar-refractivity contribution < 1.29 is 18.3 Å². The number of carboxylic acid groups (broad SMARTS) is 1. The molecule has 2 aliphatic rings. The Bertz CT molecular complexity index is 1070. The van der Waals surface area contributed by atoms with Gasteiger partial charge in [-0.15, -0.1) is 0 Å². The molecular formula is C24H29N3O4S. The van der Waals surface area contributed by atoms with Crippen molar-refractivity contribution in [2.75, 3.05) is 32.7 Å². The lowest BCUT2D eigenvalue weighted by atomic mass is 10.1. The minimum atomic E-state index is -3.93. The van der Waals surface area contributed by atoms with Crippen LogP contribution in [0.1, 0.15) is 24.0 Å².